The van der Waals surface area contributed by atoms with Crippen molar-refractivity contribution >= 4 is 0 Å². The van der Waals surface area contributed by atoms with Gasteiger partial charge in [-0.1, -0.05) is 18.2 Å². The molecule has 0 unspecified atom stereocenters. The second-order valence-corrected chi connectivity index (χ2v) is 3.87. The van der Waals surface area contributed by atoms with Crippen LogP contribution in [-0.2, 0) is 13.5 Å². The molecule has 0 atom stereocenters. The SMILES string of the molecule is Cn1ccc(-c2cccc(CC(F)(F)F)c2)n1. The van der Waals surface area contributed by atoms with E-state index in [4.69, 9.17) is 0 Å². The highest BCUT2D eigenvalue weighted by molar-refractivity contribution is 5.59. The average Bonchev–Trinajstić information content (AvgIpc) is 2.63. The summed E-state index contributed by atoms with van der Waals surface area (Å²) in [6, 6.07) is 8.13. The average molecular weight is 240 g/mol. The molecule has 17 heavy (non-hydrogen) atoms. The molecule has 0 aliphatic rings. The van der Waals surface area contributed by atoms with Crippen LogP contribution in [0.4, 0.5) is 13.2 Å². The zero-order valence-electron chi connectivity index (χ0n) is 9.20. The van der Waals surface area contributed by atoms with E-state index in [1.807, 2.05) is 0 Å². The van der Waals surface area contributed by atoms with Crippen LogP contribution in [-0.4, -0.2) is 16.0 Å². The van der Waals surface area contributed by atoms with E-state index in [1.54, 1.807) is 36.1 Å². The van der Waals surface area contributed by atoms with Gasteiger partial charge in [-0.05, 0) is 17.7 Å². The Balaban J connectivity index is 2.29. The van der Waals surface area contributed by atoms with Crippen LogP contribution >= 0.6 is 0 Å². The number of benzene rings is 1. The summed E-state index contributed by atoms with van der Waals surface area (Å²) in [5.74, 6) is 0. The van der Waals surface area contributed by atoms with Gasteiger partial charge in [-0.15, -0.1) is 0 Å². The third kappa shape index (κ3) is 3.09. The van der Waals surface area contributed by atoms with E-state index in [0.717, 1.165) is 0 Å². The number of hydrogen-bond acceptors (Lipinski definition) is 1. The van der Waals surface area contributed by atoms with Crippen molar-refractivity contribution < 1.29 is 13.2 Å². The molecule has 0 amide bonds. The van der Waals surface area contributed by atoms with Crippen molar-refractivity contribution in [2.75, 3.05) is 0 Å². The molecule has 0 saturated carbocycles. The van der Waals surface area contributed by atoms with Gasteiger partial charge in [0.2, 0.25) is 0 Å². The lowest BCUT2D eigenvalue weighted by molar-refractivity contribution is -0.127. The molecule has 2 nitrogen and oxygen atoms in total. The first-order valence-electron chi connectivity index (χ1n) is 5.10. The Bertz CT molecular complexity index is 514. The molecular formula is C12H11F3N2. The third-order valence-electron chi connectivity index (χ3n) is 2.34. The molecule has 0 aliphatic heterocycles. The zero-order valence-corrected chi connectivity index (χ0v) is 9.20. The first-order chi connectivity index (χ1) is 7.94. The predicted octanol–water partition coefficient (Wildman–Crippen LogP) is 3.19. The van der Waals surface area contributed by atoms with Crippen LogP contribution in [0.2, 0.25) is 0 Å². The van der Waals surface area contributed by atoms with Crippen molar-refractivity contribution in [2.24, 2.45) is 7.05 Å². The van der Waals surface area contributed by atoms with Gasteiger partial charge < -0.3 is 0 Å². The standard InChI is InChI=1S/C12H11F3N2/c1-17-6-5-11(16-17)10-4-2-3-9(7-10)8-12(13,14)15/h2-7H,8H2,1H3. The molecular weight excluding hydrogens is 229 g/mol. The van der Waals surface area contributed by atoms with Crippen molar-refractivity contribution in [3.8, 4) is 11.3 Å². The van der Waals surface area contributed by atoms with Crippen molar-refractivity contribution in [1.82, 2.24) is 9.78 Å². The van der Waals surface area contributed by atoms with Gasteiger partial charge in [0.25, 0.3) is 0 Å². The van der Waals surface area contributed by atoms with Gasteiger partial charge in [0.15, 0.2) is 0 Å². The Morgan fingerprint density at radius 3 is 2.59 bits per heavy atom. The van der Waals surface area contributed by atoms with Gasteiger partial charge in [-0.2, -0.15) is 18.3 Å². The van der Waals surface area contributed by atoms with Gasteiger partial charge in [-0.3, -0.25) is 4.68 Å². The van der Waals surface area contributed by atoms with Gasteiger partial charge in [0.1, 0.15) is 0 Å². The summed E-state index contributed by atoms with van der Waals surface area (Å²) in [4.78, 5) is 0. The first kappa shape index (κ1) is 11.7. The fourth-order valence-electron chi connectivity index (χ4n) is 1.64. The van der Waals surface area contributed by atoms with E-state index in [2.05, 4.69) is 5.10 Å². The van der Waals surface area contributed by atoms with Crippen LogP contribution < -0.4 is 0 Å². The highest BCUT2D eigenvalue weighted by Gasteiger charge is 2.27. The lowest BCUT2D eigenvalue weighted by Gasteiger charge is -2.07. The lowest BCUT2D eigenvalue weighted by atomic mass is 10.1. The minimum absolute atomic E-state index is 0.251. The van der Waals surface area contributed by atoms with Crippen LogP contribution in [0.15, 0.2) is 36.5 Å². The van der Waals surface area contributed by atoms with Crippen LogP contribution in [0.1, 0.15) is 5.56 Å². The molecule has 0 fully saturated rings. The molecule has 1 aromatic carbocycles. The molecule has 0 aliphatic carbocycles. The van der Waals surface area contributed by atoms with E-state index < -0.39 is 12.6 Å². The topological polar surface area (TPSA) is 17.8 Å². The summed E-state index contributed by atoms with van der Waals surface area (Å²) in [6.45, 7) is 0. The number of hydrogen-bond donors (Lipinski definition) is 0. The number of rotatable bonds is 2. The fourth-order valence-corrected chi connectivity index (χ4v) is 1.64. The Labute approximate surface area is 96.7 Å². The highest BCUT2D eigenvalue weighted by Crippen LogP contribution is 2.24. The van der Waals surface area contributed by atoms with Gasteiger partial charge in [0.05, 0.1) is 12.1 Å². The van der Waals surface area contributed by atoms with Gasteiger partial charge >= 0.3 is 6.18 Å². The molecule has 2 rings (SSSR count). The normalized spacial score (nSPS) is 11.8. The molecule has 0 saturated heterocycles. The largest absolute Gasteiger partial charge is 0.393 e. The second kappa shape index (κ2) is 4.24. The fraction of sp³-hybridized carbons (Fsp3) is 0.250. The Morgan fingerprint density at radius 2 is 2.00 bits per heavy atom. The summed E-state index contributed by atoms with van der Waals surface area (Å²) < 4.78 is 38.4. The Kier molecular flexibility index (Phi) is 2.92. The van der Waals surface area contributed by atoms with Crippen LogP contribution in [0, 0.1) is 0 Å². The number of halogens is 3. The number of alkyl halides is 3. The van der Waals surface area contributed by atoms with E-state index in [9.17, 15) is 13.2 Å². The smallest absolute Gasteiger partial charge is 0.275 e. The predicted molar refractivity (Wildman–Crippen MR) is 58.4 cm³/mol. The maximum absolute atomic E-state index is 12.3. The molecule has 5 heteroatoms. The summed E-state index contributed by atoms with van der Waals surface area (Å²) in [5.41, 5.74) is 1.63. The maximum atomic E-state index is 12.3. The number of nitrogens with zero attached hydrogens (tertiary/aromatic N) is 2. The van der Waals surface area contributed by atoms with Crippen molar-refractivity contribution in [3.63, 3.8) is 0 Å². The molecule has 0 N–H and O–H groups in total. The Hall–Kier alpha value is -1.78. The van der Waals surface area contributed by atoms with Crippen molar-refractivity contribution in [3.05, 3.63) is 42.1 Å². The number of aryl methyl sites for hydroxylation is 1. The molecule has 0 spiro atoms. The molecule has 0 bridgehead atoms. The molecule has 0 radical (unpaired) electrons. The number of aromatic nitrogens is 2. The quantitative estimate of drug-likeness (QED) is 0.788. The summed E-state index contributed by atoms with van der Waals surface area (Å²) in [6.07, 6.45) is -3.33. The van der Waals surface area contributed by atoms with Gasteiger partial charge in [-0.25, -0.2) is 0 Å². The van der Waals surface area contributed by atoms with E-state index in [-0.39, 0.29) is 5.56 Å². The summed E-state index contributed by atoms with van der Waals surface area (Å²) in [5, 5.41) is 4.15. The Morgan fingerprint density at radius 1 is 1.24 bits per heavy atom. The van der Waals surface area contributed by atoms with Crippen LogP contribution in [0.3, 0.4) is 0 Å². The summed E-state index contributed by atoms with van der Waals surface area (Å²) in [7, 11) is 1.77. The van der Waals surface area contributed by atoms with Crippen molar-refractivity contribution in [2.45, 2.75) is 12.6 Å². The molecule has 1 heterocycles. The highest BCUT2D eigenvalue weighted by atomic mass is 19.4. The lowest BCUT2D eigenvalue weighted by Crippen LogP contribution is -2.11. The zero-order chi connectivity index (χ0) is 12.5. The molecule has 90 valence electrons. The first-order valence-corrected chi connectivity index (χ1v) is 5.10. The van der Waals surface area contributed by atoms with E-state index in [1.165, 1.54) is 12.1 Å². The molecule has 1 aromatic heterocycles. The van der Waals surface area contributed by atoms with Crippen LogP contribution in [0.5, 0.6) is 0 Å². The van der Waals surface area contributed by atoms with Crippen molar-refractivity contribution in [1.29, 1.82) is 0 Å². The monoisotopic (exact) mass is 240 g/mol. The minimum atomic E-state index is -4.18. The van der Waals surface area contributed by atoms with Gasteiger partial charge in [0, 0.05) is 18.8 Å². The van der Waals surface area contributed by atoms with E-state index >= 15 is 0 Å². The molecule has 2 aromatic rings. The van der Waals surface area contributed by atoms with Crippen LogP contribution in [0.25, 0.3) is 11.3 Å². The maximum Gasteiger partial charge on any atom is 0.393 e. The summed E-state index contributed by atoms with van der Waals surface area (Å²) >= 11 is 0. The minimum Gasteiger partial charge on any atom is -0.275 e. The second-order valence-electron chi connectivity index (χ2n) is 3.87. The third-order valence-corrected chi connectivity index (χ3v) is 2.34. The van der Waals surface area contributed by atoms with E-state index in [0.29, 0.717) is 11.3 Å².